The summed E-state index contributed by atoms with van der Waals surface area (Å²) in [4.78, 5) is 0. The van der Waals surface area contributed by atoms with Crippen molar-refractivity contribution in [3.63, 3.8) is 0 Å². The van der Waals surface area contributed by atoms with Gasteiger partial charge < -0.3 is 0 Å². The van der Waals surface area contributed by atoms with E-state index in [2.05, 4.69) is 9.05 Å². The van der Waals surface area contributed by atoms with E-state index in [1.54, 1.807) is 0 Å². The van der Waals surface area contributed by atoms with Gasteiger partial charge in [-0.15, -0.1) is 0 Å². The first-order chi connectivity index (χ1) is 11.4. The van der Waals surface area contributed by atoms with Gasteiger partial charge in [0.2, 0.25) is 0 Å². The van der Waals surface area contributed by atoms with Crippen LogP contribution in [-0.4, -0.2) is 43.3 Å². The van der Waals surface area contributed by atoms with E-state index in [-0.39, 0.29) is 13.1 Å². The highest BCUT2D eigenvalue weighted by Crippen LogP contribution is 2.54. The standard InChI is InChI=1S/C14H26F6NO3P/c1-3-5-7-9-21(10-8-6-4-2)25(22,23-11-13(15,16)17)24-12-14(18,19)20/h3-12H2,1-2H3. The van der Waals surface area contributed by atoms with E-state index in [9.17, 15) is 30.9 Å². The molecular formula is C14H26F6NO3P. The summed E-state index contributed by atoms with van der Waals surface area (Å²) >= 11 is 0. The molecule has 0 atom stereocenters. The third-order valence-electron chi connectivity index (χ3n) is 3.17. The smallest absolute Gasteiger partial charge is 0.287 e. The van der Waals surface area contributed by atoms with Gasteiger partial charge in [0.1, 0.15) is 0 Å². The van der Waals surface area contributed by atoms with Crippen LogP contribution in [0.3, 0.4) is 0 Å². The van der Waals surface area contributed by atoms with Crippen LogP contribution in [0.25, 0.3) is 0 Å². The van der Waals surface area contributed by atoms with Gasteiger partial charge >= 0.3 is 20.1 Å². The molecule has 152 valence electrons. The summed E-state index contributed by atoms with van der Waals surface area (Å²) in [6, 6.07) is 0. The fraction of sp³-hybridized carbons (Fsp3) is 1.00. The molecule has 25 heavy (non-hydrogen) atoms. The molecule has 0 amide bonds. The molecular weight excluding hydrogens is 375 g/mol. The largest absolute Gasteiger partial charge is 0.412 e. The quantitative estimate of drug-likeness (QED) is 0.218. The second-order valence-electron chi connectivity index (χ2n) is 5.61. The van der Waals surface area contributed by atoms with Crippen molar-refractivity contribution < 1.29 is 40.0 Å². The topological polar surface area (TPSA) is 38.8 Å². The first kappa shape index (κ1) is 24.7. The molecule has 0 aromatic carbocycles. The summed E-state index contributed by atoms with van der Waals surface area (Å²) in [5.74, 6) is 0. The molecule has 0 saturated heterocycles. The van der Waals surface area contributed by atoms with Crippen LogP contribution in [0.15, 0.2) is 0 Å². The van der Waals surface area contributed by atoms with Crippen LogP contribution >= 0.6 is 7.75 Å². The third-order valence-corrected chi connectivity index (χ3v) is 5.17. The van der Waals surface area contributed by atoms with E-state index >= 15 is 0 Å². The molecule has 0 heterocycles. The lowest BCUT2D eigenvalue weighted by Gasteiger charge is -2.30. The van der Waals surface area contributed by atoms with E-state index in [1.165, 1.54) is 0 Å². The summed E-state index contributed by atoms with van der Waals surface area (Å²) in [6.45, 7) is 0.0120. The van der Waals surface area contributed by atoms with Crippen molar-refractivity contribution in [2.24, 2.45) is 0 Å². The summed E-state index contributed by atoms with van der Waals surface area (Å²) in [5.41, 5.74) is 0. The number of hydrogen-bond acceptors (Lipinski definition) is 3. The number of nitrogens with zero attached hydrogens (tertiary/aromatic N) is 1. The van der Waals surface area contributed by atoms with Crippen molar-refractivity contribution in [1.29, 1.82) is 0 Å². The van der Waals surface area contributed by atoms with Gasteiger partial charge in [-0.2, -0.15) is 26.3 Å². The molecule has 0 unspecified atom stereocenters. The van der Waals surface area contributed by atoms with Gasteiger partial charge in [-0.25, -0.2) is 9.24 Å². The monoisotopic (exact) mass is 401 g/mol. The van der Waals surface area contributed by atoms with Crippen LogP contribution in [-0.2, 0) is 13.6 Å². The Bertz CT molecular complexity index is 371. The van der Waals surface area contributed by atoms with Crippen molar-refractivity contribution in [2.45, 2.75) is 64.7 Å². The predicted octanol–water partition coefficient (Wildman–Crippen LogP) is 5.93. The Balaban J connectivity index is 5.20. The zero-order valence-electron chi connectivity index (χ0n) is 14.5. The first-order valence-electron chi connectivity index (χ1n) is 8.21. The predicted molar refractivity (Wildman–Crippen MR) is 82.2 cm³/mol. The minimum absolute atomic E-state index is 0.0462. The minimum atomic E-state index is -4.82. The molecule has 4 nitrogen and oxygen atoms in total. The molecule has 0 bridgehead atoms. The summed E-state index contributed by atoms with van der Waals surface area (Å²) in [7, 11) is -4.71. The molecule has 0 N–H and O–H groups in total. The van der Waals surface area contributed by atoms with Crippen LogP contribution in [0.5, 0.6) is 0 Å². The fourth-order valence-electron chi connectivity index (χ4n) is 1.96. The van der Waals surface area contributed by atoms with Gasteiger partial charge in [0.15, 0.2) is 13.2 Å². The van der Waals surface area contributed by atoms with Crippen LogP contribution in [0.1, 0.15) is 52.4 Å². The number of halogens is 6. The van der Waals surface area contributed by atoms with Gasteiger partial charge in [-0.1, -0.05) is 39.5 Å². The zero-order chi connectivity index (χ0) is 19.6. The highest BCUT2D eigenvalue weighted by molar-refractivity contribution is 7.51. The number of hydrogen-bond donors (Lipinski definition) is 0. The van der Waals surface area contributed by atoms with Crippen LogP contribution in [0.2, 0.25) is 0 Å². The molecule has 0 aromatic heterocycles. The normalized spacial score (nSPS) is 13.6. The lowest BCUT2D eigenvalue weighted by atomic mass is 10.2. The molecule has 0 aliphatic heterocycles. The van der Waals surface area contributed by atoms with E-state index in [4.69, 9.17) is 0 Å². The first-order valence-corrected chi connectivity index (χ1v) is 9.71. The third kappa shape index (κ3) is 12.6. The summed E-state index contributed by atoms with van der Waals surface area (Å²) in [5, 5.41) is 0. The maximum Gasteiger partial charge on any atom is 0.412 e. The molecule has 11 heteroatoms. The average Bonchev–Trinajstić information content (AvgIpc) is 2.48. The highest BCUT2D eigenvalue weighted by Gasteiger charge is 2.42. The number of unbranched alkanes of at least 4 members (excludes halogenated alkanes) is 4. The van der Waals surface area contributed by atoms with Crippen LogP contribution in [0.4, 0.5) is 26.3 Å². The zero-order valence-corrected chi connectivity index (χ0v) is 15.4. The molecule has 0 aliphatic carbocycles. The second kappa shape index (κ2) is 11.4. The minimum Gasteiger partial charge on any atom is -0.287 e. The fourth-order valence-corrected chi connectivity index (χ4v) is 3.75. The molecule has 0 rings (SSSR count). The second-order valence-corrected chi connectivity index (χ2v) is 7.63. The molecule has 0 aromatic rings. The van der Waals surface area contributed by atoms with Gasteiger partial charge in [-0.3, -0.25) is 9.05 Å². The molecule has 0 aliphatic rings. The van der Waals surface area contributed by atoms with Gasteiger partial charge in [0, 0.05) is 13.1 Å². The van der Waals surface area contributed by atoms with Crippen LogP contribution < -0.4 is 0 Å². The Morgan fingerprint density at radius 3 is 1.40 bits per heavy atom. The van der Waals surface area contributed by atoms with Crippen molar-refractivity contribution in [2.75, 3.05) is 26.3 Å². The average molecular weight is 401 g/mol. The Morgan fingerprint density at radius 2 is 1.12 bits per heavy atom. The molecule has 0 radical (unpaired) electrons. The summed E-state index contributed by atoms with van der Waals surface area (Å²) in [6.07, 6.45) is -5.73. The highest BCUT2D eigenvalue weighted by atomic mass is 31.2. The Kier molecular flexibility index (Phi) is 11.3. The SMILES string of the molecule is CCCCCN(CCCCC)P(=O)(OCC(F)(F)F)OCC(F)(F)F. The lowest BCUT2D eigenvalue weighted by Crippen LogP contribution is -2.30. The van der Waals surface area contributed by atoms with Gasteiger partial charge in [0.05, 0.1) is 0 Å². The van der Waals surface area contributed by atoms with E-state index in [1.807, 2.05) is 13.8 Å². The maximum absolute atomic E-state index is 12.7. The Morgan fingerprint density at radius 1 is 0.760 bits per heavy atom. The Hall–Kier alpha value is -0.310. The number of alkyl halides is 6. The lowest BCUT2D eigenvalue weighted by molar-refractivity contribution is -0.167. The van der Waals surface area contributed by atoms with Crippen molar-refractivity contribution in [3.05, 3.63) is 0 Å². The summed E-state index contributed by atoms with van der Waals surface area (Å²) < 4.78 is 96.7. The van der Waals surface area contributed by atoms with E-state index in [0.29, 0.717) is 25.7 Å². The van der Waals surface area contributed by atoms with Crippen LogP contribution in [0, 0.1) is 0 Å². The van der Waals surface area contributed by atoms with Crippen molar-refractivity contribution >= 4 is 7.75 Å². The molecule has 0 saturated carbocycles. The van der Waals surface area contributed by atoms with E-state index in [0.717, 1.165) is 17.5 Å². The van der Waals surface area contributed by atoms with Gasteiger partial charge in [0.25, 0.3) is 0 Å². The van der Waals surface area contributed by atoms with Crippen molar-refractivity contribution in [1.82, 2.24) is 4.67 Å². The maximum atomic E-state index is 12.7. The molecule has 0 fully saturated rings. The van der Waals surface area contributed by atoms with Crippen molar-refractivity contribution in [3.8, 4) is 0 Å². The number of rotatable bonds is 13. The van der Waals surface area contributed by atoms with Gasteiger partial charge in [-0.05, 0) is 12.8 Å². The molecule has 0 spiro atoms. The van der Waals surface area contributed by atoms with E-state index < -0.39 is 33.3 Å². The Labute approximate surface area is 144 Å².